The van der Waals surface area contributed by atoms with Crippen molar-refractivity contribution in [2.75, 3.05) is 0 Å². The topological polar surface area (TPSA) is 87.7 Å². The highest BCUT2D eigenvalue weighted by molar-refractivity contribution is 7.20. The molecule has 2 aromatic rings. The molecule has 1 heterocycles. The summed E-state index contributed by atoms with van der Waals surface area (Å²) in [6, 6.07) is 5.43. The van der Waals surface area contributed by atoms with E-state index in [1.54, 1.807) is 19.1 Å². The van der Waals surface area contributed by atoms with Crippen LogP contribution in [-0.4, -0.2) is 23.0 Å². The van der Waals surface area contributed by atoms with E-state index >= 15 is 0 Å². The summed E-state index contributed by atoms with van der Waals surface area (Å²) in [6.07, 6.45) is 0. The molecule has 1 amide bonds. The quantitative estimate of drug-likeness (QED) is 0.347. The van der Waals surface area contributed by atoms with Crippen LogP contribution in [0.3, 0.4) is 0 Å². The van der Waals surface area contributed by atoms with Crippen molar-refractivity contribution in [1.82, 2.24) is 5.32 Å². The van der Waals surface area contributed by atoms with Crippen molar-refractivity contribution in [3.05, 3.63) is 35.0 Å². The fourth-order valence-electron chi connectivity index (χ4n) is 1.55. The van der Waals surface area contributed by atoms with Crippen LogP contribution in [-0.2, 0) is 0 Å². The van der Waals surface area contributed by atoms with Crippen LogP contribution in [0, 0.1) is 5.82 Å². The van der Waals surface area contributed by atoms with Crippen LogP contribution in [0.25, 0.3) is 10.1 Å². The maximum Gasteiger partial charge on any atom is 0.261 e. The first-order valence-electron chi connectivity index (χ1n) is 5.48. The van der Waals surface area contributed by atoms with Gasteiger partial charge >= 0.3 is 0 Å². The van der Waals surface area contributed by atoms with Crippen LogP contribution >= 0.6 is 11.3 Å². The first-order valence-corrected chi connectivity index (χ1v) is 6.30. The number of fused-ring (bicyclic) bond motifs is 1. The predicted octanol–water partition coefficient (Wildman–Crippen LogP) is 1.91. The molecule has 0 bridgehead atoms. The van der Waals surface area contributed by atoms with Gasteiger partial charge in [0.05, 0.1) is 10.9 Å². The van der Waals surface area contributed by atoms with Crippen LogP contribution in [0.4, 0.5) is 4.39 Å². The zero-order chi connectivity index (χ0) is 14.0. The SMILES string of the molecule is CC(NC(=O)c1cc2ccc(F)cc2s1)/C(N)=N/O. The van der Waals surface area contributed by atoms with Crippen molar-refractivity contribution in [2.24, 2.45) is 10.9 Å². The molecule has 0 saturated heterocycles. The number of nitrogens with one attached hydrogen (secondary N) is 1. The van der Waals surface area contributed by atoms with E-state index in [2.05, 4.69) is 10.5 Å². The van der Waals surface area contributed by atoms with Crippen LogP contribution in [0.5, 0.6) is 0 Å². The van der Waals surface area contributed by atoms with Gasteiger partial charge in [-0.1, -0.05) is 11.2 Å². The van der Waals surface area contributed by atoms with E-state index < -0.39 is 6.04 Å². The summed E-state index contributed by atoms with van der Waals surface area (Å²) >= 11 is 1.19. The fourth-order valence-corrected chi connectivity index (χ4v) is 2.54. The highest BCUT2D eigenvalue weighted by atomic mass is 32.1. The number of amides is 1. The second-order valence-corrected chi connectivity index (χ2v) is 5.10. The van der Waals surface area contributed by atoms with Gasteiger partial charge in [0.25, 0.3) is 5.91 Å². The van der Waals surface area contributed by atoms with Crippen LogP contribution in [0.2, 0.25) is 0 Å². The number of halogens is 1. The summed E-state index contributed by atoms with van der Waals surface area (Å²) < 4.78 is 13.8. The van der Waals surface area contributed by atoms with Crippen molar-refractivity contribution in [3.63, 3.8) is 0 Å². The lowest BCUT2D eigenvalue weighted by atomic mass is 10.2. The smallest absolute Gasteiger partial charge is 0.261 e. The first kappa shape index (κ1) is 13.3. The second kappa shape index (κ2) is 5.23. The van der Waals surface area contributed by atoms with Gasteiger partial charge in [0, 0.05) is 4.70 Å². The number of carbonyl (C=O) groups is 1. The maximum atomic E-state index is 13.1. The molecule has 0 fully saturated rings. The lowest BCUT2D eigenvalue weighted by molar-refractivity contribution is 0.0953. The number of rotatable bonds is 3. The summed E-state index contributed by atoms with van der Waals surface area (Å²) in [5.74, 6) is -0.771. The number of benzene rings is 1. The number of oxime groups is 1. The Bertz CT molecular complexity index is 653. The van der Waals surface area contributed by atoms with Crippen molar-refractivity contribution >= 4 is 33.2 Å². The Kier molecular flexibility index (Phi) is 3.66. The average Bonchev–Trinajstić information content (AvgIpc) is 2.80. The van der Waals surface area contributed by atoms with Gasteiger partial charge in [-0.05, 0) is 30.5 Å². The van der Waals surface area contributed by atoms with Gasteiger partial charge in [0.1, 0.15) is 5.82 Å². The highest BCUT2D eigenvalue weighted by Gasteiger charge is 2.15. The Balaban J connectivity index is 2.22. The third kappa shape index (κ3) is 2.82. The van der Waals surface area contributed by atoms with Crippen molar-refractivity contribution in [2.45, 2.75) is 13.0 Å². The Hall–Kier alpha value is -2.15. The van der Waals surface area contributed by atoms with Crippen LogP contribution in [0.15, 0.2) is 29.4 Å². The zero-order valence-corrected chi connectivity index (χ0v) is 10.9. The molecule has 0 aliphatic heterocycles. The van der Waals surface area contributed by atoms with E-state index in [1.165, 1.54) is 23.5 Å². The van der Waals surface area contributed by atoms with Crippen molar-refractivity contribution < 1.29 is 14.4 Å². The Morgan fingerprint density at radius 2 is 2.26 bits per heavy atom. The van der Waals surface area contributed by atoms with Crippen molar-refractivity contribution in [1.29, 1.82) is 0 Å². The molecule has 7 heteroatoms. The van der Waals surface area contributed by atoms with Gasteiger partial charge in [0.2, 0.25) is 0 Å². The summed E-state index contributed by atoms with van der Waals surface area (Å²) in [7, 11) is 0. The fraction of sp³-hybridized carbons (Fsp3) is 0.167. The molecule has 5 nitrogen and oxygen atoms in total. The third-order valence-corrected chi connectivity index (χ3v) is 3.71. The summed E-state index contributed by atoms with van der Waals surface area (Å²) in [5, 5.41) is 14.7. The largest absolute Gasteiger partial charge is 0.409 e. The summed E-state index contributed by atoms with van der Waals surface area (Å²) in [4.78, 5) is 12.4. The molecule has 19 heavy (non-hydrogen) atoms. The molecule has 4 N–H and O–H groups in total. The van der Waals surface area contributed by atoms with Gasteiger partial charge in [0.15, 0.2) is 5.84 Å². The van der Waals surface area contributed by atoms with Crippen LogP contribution in [0.1, 0.15) is 16.6 Å². The lowest BCUT2D eigenvalue weighted by Gasteiger charge is -2.10. The van der Waals surface area contributed by atoms with E-state index in [9.17, 15) is 9.18 Å². The average molecular weight is 281 g/mol. The Labute approximate surface area is 112 Å². The second-order valence-electron chi connectivity index (χ2n) is 4.01. The minimum absolute atomic E-state index is 0.0829. The zero-order valence-electron chi connectivity index (χ0n) is 10.1. The number of carbonyl (C=O) groups excluding carboxylic acids is 1. The molecule has 2 rings (SSSR count). The number of thiophene rings is 1. The maximum absolute atomic E-state index is 13.1. The van der Waals surface area contributed by atoms with Crippen molar-refractivity contribution in [3.8, 4) is 0 Å². The van der Waals surface area contributed by atoms with E-state index in [0.29, 0.717) is 9.58 Å². The van der Waals surface area contributed by atoms with E-state index in [4.69, 9.17) is 10.9 Å². The van der Waals surface area contributed by atoms with Crippen LogP contribution < -0.4 is 11.1 Å². The van der Waals surface area contributed by atoms with Gasteiger partial charge < -0.3 is 16.3 Å². The number of hydrogen-bond acceptors (Lipinski definition) is 4. The molecule has 0 saturated carbocycles. The molecule has 1 atom stereocenters. The first-order chi connectivity index (χ1) is 9.01. The molecule has 1 aromatic carbocycles. The predicted molar refractivity (Wildman–Crippen MR) is 72.1 cm³/mol. The third-order valence-electron chi connectivity index (χ3n) is 2.61. The van der Waals surface area contributed by atoms with Gasteiger partial charge in [-0.15, -0.1) is 11.3 Å². The van der Waals surface area contributed by atoms with E-state index in [1.807, 2.05) is 0 Å². The Morgan fingerprint density at radius 3 is 2.95 bits per heavy atom. The minimum Gasteiger partial charge on any atom is -0.409 e. The molecule has 0 spiro atoms. The van der Waals surface area contributed by atoms with Gasteiger partial charge in [-0.25, -0.2) is 4.39 Å². The number of nitrogens with two attached hydrogens (primary N) is 1. The number of hydrogen-bond donors (Lipinski definition) is 3. The standard InChI is InChI=1S/C12H12FN3O2S/c1-6(11(14)16-18)15-12(17)10-4-7-2-3-8(13)5-9(7)19-10/h2-6,18H,1H3,(H2,14,16)(H,15,17). The molecule has 0 aliphatic carbocycles. The Morgan fingerprint density at radius 1 is 1.53 bits per heavy atom. The molecule has 0 radical (unpaired) electrons. The number of amidine groups is 1. The molecule has 1 aromatic heterocycles. The normalized spacial score (nSPS) is 13.5. The molecule has 0 aliphatic rings. The molecule has 1 unspecified atom stereocenters. The van der Waals surface area contributed by atoms with Gasteiger partial charge in [-0.2, -0.15) is 0 Å². The van der Waals surface area contributed by atoms with Gasteiger partial charge in [-0.3, -0.25) is 4.79 Å². The van der Waals surface area contributed by atoms with E-state index in [0.717, 1.165) is 5.39 Å². The lowest BCUT2D eigenvalue weighted by Crippen LogP contribution is -2.42. The monoisotopic (exact) mass is 281 g/mol. The summed E-state index contributed by atoms with van der Waals surface area (Å²) in [6.45, 7) is 1.60. The minimum atomic E-state index is -0.584. The number of nitrogens with zero attached hydrogens (tertiary/aromatic N) is 1. The molecular formula is C12H12FN3O2S. The molecule has 100 valence electrons. The highest BCUT2D eigenvalue weighted by Crippen LogP contribution is 2.26. The molecular weight excluding hydrogens is 269 g/mol. The summed E-state index contributed by atoms with van der Waals surface area (Å²) in [5.41, 5.74) is 5.38. The van der Waals surface area contributed by atoms with E-state index in [-0.39, 0.29) is 17.6 Å².